The average Bonchev–Trinajstić information content (AvgIpc) is 3.14. The van der Waals surface area contributed by atoms with Gasteiger partial charge in [0.2, 0.25) is 10.0 Å². The Hall–Kier alpha value is -1.76. The van der Waals surface area contributed by atoms with Crippen molar-refractivity contribution in [3.63, 3.8) is 0 Å². The molecule has 2 rings (SSSR count). The molecule has 1 aliphatic rings. The van der Waals surface area contributed by atoms with E-state index in [0.717, 1.165) is 12.8 Å². The van der Waals surface area contributed by atoms with Crippen LogP contribution in [-0.4, -0.2) is 31.8 Å². The van der Waals surface area contributed by atoms with Gasteiger partial charge in [-0.05, 0) is 43.9 Å². The Kier molecular flexibility index (Phi) is 3.89. The molecule has 0 atom stereocenters. The molecule has 7 heteroatoms. The smallest absolute Gasteiger partial charge is 0.335 e. The summed E-state index contributed by atoms with van der Waals surface area (Å²) in [5, 5.41) is 8.90. The number of nitrogens with zero attached hydrogens (tertiary/aromatic N) is 1. The second kappa shape index (κ2) is 5.32. The molecule has 0 saturated heterocycles. The van der Waals surface area contributed by atoms with Gasteiger partial charge in [0.1, 0.15) is 0 Å². The number of carboxylic acid groups (broad SMARTS) is 1. The van der Waals surface area contributed by atoms with E-state index in [2.05, 4.69) is 0 Å². The molecule has 0 spiro atoms. The van der Waals surface area contributed by atoms with Crippen molar-refractivity contribution in [1.29, 1.82) is 0 Å². The Morgan fingerprint density at radius 2 is 2.10 bits per heavy atom. The maximum absolute atomic E-state index is 12.3. The molecule has 0 heterocycles. The van der Waals surface area contributed by atoms with Crippen LogP contribution < -0.4 is 10.0 Å². The topological polar surface area (TPSA) is 101 Å². The number of hydrogen-bond donors (Lipinski definition) is 2. The first-order chi connectivity index (χ1) is 9.35. The van der Waals surface area contributed by atoms with Gasteiger partial charge in [-0.3, -0.25) is 4.31 Å². The fraction of sp³-hybridized carbons (Fsp3) is 0.462. The SMILES string of the molecule is CCN(c1ccc(C(=O)O)cc1N)S(=O)(=O)CC1CC1. The maximum atomic E-state index is 12.3. The Morgan fingerprint density at radius 1 is 1.45 bits per heavy atom. The van der Waals surface area contributed by atoms with Gasteiger partial charge in [0, 0.05) is 6.54 Å². The lowest BCUT2D eigenvalue weighted by Gasteiger charge is -2.24. The first-order valence-electron chi connectivity index (χ1n) is 6.48. The predicted molar refractivity (Wildman–Crippen MR) is 77.3 cm³/mol. The Balaban J connectivity index is 2.33. The monoisotopic (exact) mass is 298 g/mol. The number of nitrogen functional groups attached to an aromatic ring is 1. The number of nitrogens with two attached hydrogens (primary N) is 1. The lowest BCUT2D eigenvalue weighted by Crippen LogP contribution is -2.34. The summed E-state index contributed by atoms with van der Waals surface area (Å²) >= 11 is 0. The van der Waals surface area contributed by atoms with Gasteiger partial charge in [0.05, 0.1) is 22.7 Å². The summed E-state index contributed by atoms with van der Waals surface area (Å²) in [6, 6.07) is 4.10. The number of aromatic carboxylic acids is 1. The van der Waals surface area contributed by atoms with E-state index in [9.17, 15) is 13.2 Å². The summed E-state index contributed by atoms with van der Waals surface area (Å²) in [5.74, 6) is -0.721. The lowest BCUT2D eigenvalue weighted by molar-refractivity contribution is 0.0697. The number of sulfonamides is 1. The van der Waals surface area contributed by atoms with Gasteiger partial charge >= 0.3 is 5.97 Å². The molecule has 1 aliphatic carbocycles. The molecule has 20 heavy (non-hydrogen) atoms. The van der Waals surface area contributed by atoms with Gasteiger partial charge in [-0.1, -0.05) is 0 Å². The van der Waals surface area contributed by atoms with Crippen molar-refractivity contribution in [2.24, 2.45) is 5.92 Å². The van der Waals surface area contributed by atoms with Crippen LogP contribution in [0.4, 0.5) is 11.4 Å². The van der Waals surface area contributed by atoms with Crippen LogP contribution in [-0.2, 0) is 10.0 Å². The van der Waals surface area contributed by atoms with E-state index in [4.69, 9.17) is 10.8 Å². The fourth-order valence-electron chi connectivity index (χ4n) is 2.10. The first kappa shape index (κ1) is 14.6. The highest BCUT2D eigenvalue weighted by atomic mass is 32.2. The van der Waals surface area contributed by atoms with Gasteiger partial charge in [-0.15, -0.1) is 0 Å². The van der Waals surface area contributed by atoms with Crippen LogP contribution >= 0.6 is 0 Å². The van der Waals surface area contributed by atoms with Gasteiger partial charge in [0.15, 0.2) is 0 Å². The van der Waals surface area contributed by atoms with Crippen molar-refractivity contribution in [1.82, 2.24) is 0 Å². The summed E-state index contributed by atoms with van der Waals surface area (Å²) in [6.45, 7) is 2.00. The minimum atomic E-state index is -3.41. The Labute approximate surface area is 118 Å². The van der Waals surface area contributed by atoms with Gasteiger partial charge in [0.25, 0.3) is 0 Å². The van der Waals surface area contributed by atoms with Crippen LogP contribution in [0.25, 0.3) is 0 Å². The number of rotatable bonds is 6. The molecule has 1 saturated carbocycles. The van der Waals surface area contributed by atoms with E-state index < -0.39 is 16.0 Å². The summed E-state index contributed by atoms with van der Waals surface area (Å²) in [5.41, 5.74) is 6.36. The van der Waals surface area contributed by atoms with Crippen LogP contribution in [0.2, 0.25) is 0 Å². The molecule has 1 aromatic carbocycles. The van der Waals surface area contributed by atoms with E-state index in [1.54, 1.807) is 6.92 Å². The van der Waals surface area contributed by atoms with Crippen LogP contribution in [0.15, 0.2) is 18.2 Å². The number of anilines is 2. The van der Waals surface area contributed by atoms with Gasteiger partial charge in [-0.25, -0.2) is 13.2 Å². The van der Waals surface area contributed by atoms with E-state index in [1.165, 1.54) is 22.5 Å². The van der Waals surface area contributed by atoms with Gasteiger partial charge in [-0.2, -0.15) is 0 Å². The van der Waals surface area contributed by atoms with E-state index >= 15 is 0 Å². The number of carbonyl (C=O) groups is 1. The first-order valence-corrected chi connectivity index (χ1v) is 8.09. The zero-order valence-electron chi connectivity index (χ0n) is 11.2. The number of benzene rings is 1. The van der Waals surface area contributed by atoms with Crippen molar-refractivity contribution in [2.45, 2.75) is 19.8 Å². The molecule has 110 valence electrons. The fourth-order valence-corrected chi connectivity index (χ4v) is 4.07. The second-order valence-corrected chi connectivity index (χ2v) is 6.90. The molecular weight excluding hydrogens is 280 g/mol. The molecule has 0 aliphatic heterocycles. The van der Waals surface area contributed by atoms with Crippen molar-refractivity contribution in [2.75, 3.05) is 22.3 Å². The number of hydrogen-bond acceptors (Lipinski definition) is 4. The third kappa shape index (κ3) is 3.04. The normalized spacial score (nSPS) is 15.1. The van der Waals surface area contributed by atoms with E-state index in [-0.39, 0.29) is 29.5 Å². The highest BCUT2D eigenvalue weighted by molar-refractivity contribution is 7.92. The number of carboxylic acids is 1. The summed E-state index contributed by atoms with van der Waals surface area (Å²) in [4.78, 5) is 10.9. The van der Waals surface area contributed by atoms with Gasteiger partial charge < -0.3 is 10.8 Å². The minimum absolute atomic E-state index is 0.0434. The van der Waals surface area contributed by atoms with E-state index in [1.807, 2.05) is 0 Å². The molecule has 3 N–H and O–H groups in total. The summed E-state index contributed by atoms with van der Waals surface area (Å²) in [6.07, 6.45) is 1.90. The summed E-state index contributed by atoms with van der Waals surface area (Å²) < 4.78 is 25.9. The zero-order valence-corrected chi connectivity index (χ0v) is 12.1. The third-order valence-corrected chi connectivity index (χ3v) is 5.33. The Morgan fingerprint density at radius 3 is 2.55 bits per heavy atom. The highest BCUT2D eigenvalue weighted by Crippen LogP contribution is 2.33. The molecule has 0 bridgehead atoms. The molecule has 0 aromatic heterocycles. The average molecular weight is 298 g/mol. The van der Waals surface area contributed by atoms with E-state index in [0.29, 0.717) is 5.69 Å². The molecule has 0 unspecified atom stereocenters. The standard InChI is InChI=1S/C13H18N2O4S/c1-2-15(20(18,19)8-9-3-4-9)12-6-5-10(13(16)17)7-11(12)14/h5-7,9H,2-4,8,14H2,1H3,(H,16,17). The minimum Gasteiger partial charge on any atom is -0.478 e. The van der Waals surface area contributed by atoms with Crippen LogP contribution in [0.5, 0.6) is 0 Å². The van der Waals surface area contributed by atoms with Crippen molar-refractivity contribution in [3.05, 3.63) is 23.8 Å². The predicted octanol–water partition coefficient (Wildman–Crippen LogP) is 1.53. The summed E-state index contributed by atoms with van der Waals surface area (Å²) in [7, 11) is -3.41. The zero-order chi connectivity index (χ0) is 14.9. The molecule has 1 fully saturated rings. The third-order valence-electron chi connectivity index (χ3n) is 3.31. The van der Waals surface area contributed by atoms with Crippen LogP contribution in [0, 0.1) is 5.92 Å². The molecule has 1 aromatic rings. The largest absolute Gasteiger partial charge is 0.478 e. The molecule has 0 amide bonds. The lowest BCUT2D eigenvalue weighted by atomic mass is 10.2. The Bertz CT molecular complexity index is 623. The quantitative estimate of drug-likeness (QED) is 0.776. The van der Waals surface area contributed by atoms with Crippen molar-refractivity contribution in [3.8, 4) is 0 Å². The highest BCUT2D eigenvalue weighted by Gasteiger charge is 2.32. The van der Waals surface area contributed by atoms with Crippen molar-refractivity contribution < 1.29 is 18.3 Å². The molecule has 6 nitrogen and oxygen atoms in total. The maximum Gasteiger partial charge on any atom is 0.335 e. The molecular formula is C13H18N2O4S. The van der Waals surface area contributed by atoms with Crippen LogP contribution in [0.1, 0.15) is 30.1 Å². The van der Waals surface area contributed by atoms with Crippen LogP contribution in [0.3, 0.4) is 0 Å². The molecule has 0 radical (unpaired) electrons. The second-order valence-electron chi connectivity index (χ2n) is 4.97. The van der Waals surface area contributed by atoms with Crippen molar-refractivity contribution >= 4 is 27.4 Å².